The standard InChI is InChI=1S/C14H20N2O2S3/c1-2-20-12-7-3-6-11(13(12)14(15)19)16-10-5-4-8-21(17,18)9-10/h3,6-7,10,16H,2,4-5,8-9H2,1H3,(H2,15,19). The van der Waals surface area contributed by atoms with E-state index in [1.165, 1.54) is 0 Å². The molecule has 1 aromatic rings. The molecule has 21 heavy (non-hydrogen) atoms. The van der Waals surface area contributed by atoms with Gasteiger partial charge >= 0.3 is 0 Å². The minimum atomic E-state index is -2.94. The van der Waals surface area contributed by atoms with Gasteiger partial charge in [0.05, 0.1) is 11.5 Å². The van der Waals surface area contributed by atoms with Crippen LogP contribution in [0.3, 0.4) is 0 Å². The fourth-order valence-electron chi connectivity index (χ4n) is 2.54. The molecule has 1 aliphatic rings. The van der Waals surface area contributed by atoms with Crippen molar-refractivity contribution in [1.82, 2.24) is 0 Å². The normalized spacial score (nSPS) is 20.9. The summed E-state index contributed by atoms with van der Waals surface area (Å²) in [4.78, 5) is 1.38. The van der Waals surface area contributed by atoms with Gasteiger partial charge in [-0.1, -0.05) is 25.2 Å². The molecule has 3 N–H and O–H groups in total. The molecule has 4 nitrogen and oxygen atoms in total. The molecule has 1 aliphatic heterocycles. The summed E-state index contributed by atoms with van der Waals surface area (Å²) in [5, 5.41) is 3.33. The van der Waals surface area contributed by atoms with Crippen molar-refractivity contribution in [3.8, 4) is 0 Å². The molecule has 1 aromatic carbocycles. The lowest BCUT2D eigenvalue weighted by atomic mass is 10.1. The number of sulfone groups is 1. The number of rotatable bonds is 5. The van der Waals surface area contributed by atoms with Crippen molar-refractivity contribution in [3.63, 3.8) is 0 Å². The van der Waals surface area contributed by atoms with E-state index < -0.39 is 9.84 Å². The van der Waals surface area contributed by atoms with Crippen LogP contribution in [0.1, 0.15) is 25.3 Å². The Morgan fingerprint density at radius 3 is 2.90 bits per heavy atom. The minimum Gasteiger partial charge on any atom is -0.389 e. The third-order valence-corrected chi connectivity index (χ3v) is 6.36. The van der Waals surface area contributed by atoms with Crippen LogP contribution in [-0.2, 0) is 9.84 Å². The van der Waals surface area contributed by atoms with E-state index in [-0.39, 0.29) is 11.8 Å². The molecule has 0 bridgehead atoms. The molecule has 7 heteroatoms. The third-order valence-electron chi connectivity index (χ3n) is 3.40. The summed E-state index contributed by atoms with van der Waals surface area (Å²) in [6.07, 6.45) is 1.55. The maximum Gasteiger partial charge on any atom is 0.152 e. The molecule has 0 aliphatic carbocycles. The highest BCUT2D eigenvalue weighted by atomic mass is 32.2. The molecule has 0 radical (unpaired) electrons. The second-order valence-corrected chi connectivity index (χ2v) is 9.05. The van der Waals surface area contributed by atoms with E-state index in [0.717, 1.165) is 28.3 Å². The van der Waals surface area contributed by atoms with E-state index in [1.807, 2.05) is 18.2 Å². The quantitative estimate of drug-likeness (QED) is 0.631. The maximum absolute atomic E-state index is 11.7. The van der Waals surface area contributed by atoms with Crippen LogP contribution in [0.5, 0.6) is 0 Å². The number of nitrogens with two attached hydrogens (primary N) is 1. The summed E-state index contributed by atoms with van der Waals surface area (Å²) in [6.45, 7) is 2.07. The van der Waals surface area contributed by atoms with Crippen LogP contribution in [0.4, 0.5) is 5.69 Å². The van der Waals surface area contributed by atoms with Gasteiger partial charge in [0.1, 0.15) is 4.99 Å². The topological polar surface area (TPSA) is 72.2 Å². The molecule has 1 fully saturated rings. The van der Waals surface area contributed by atoms with Gasteiger partial charge < -0.3 is 11.1 Å². The largest absolute Gasteiger partial charge is 0.389 e. The average molecular weight is 345 g/mol. The first kappa shape index (κ1) is 16.6. The molecule has 1 atom stereocenters. The first-order valence-corrected chi connectivity index (χ1v) is 10.2. The summed E-state index contributed by atoms with van der Waals surface area (Å²) in [5.41, 5.74) is 7.52. The van der Waals surface area contributed by atoms with Crippen LogP contribution in [0.25, 0.3) is 0 Å². The molecular weight excluding hydrogens is 324 g/mol. The summed E-state index contributed by atoms with van der Waals surface area (Å²) in [5.74, 6) is 1.39. The number of anilines is 1. The Morgan fingerprint density at radius 1 is 1.52 bits per heavy atom. The molecule has 2 rings (SSSR count). The first-order chi connectivity index (χ1) is 9.93. The Labute approximate surface area is 135 Å². The van der Waals surface area contributed by atoms with E-state index in [4.69, 9.17) is 18.0 Å². The number of hydrogen-bond acceptors (Lipinski definition) is 5. The van der Waals surface area contributed by atoms with Crippen molar-refractivity contribution in [2.75, 3.05) is 22.6 Å². The molecule has 0 spiro atoms. The smallest absolute Gasteiger partial charge is 0.152 e. The number of hydrogen-bond donors (Lipinski definition) is 2. The number of nitrogens with one attached hydrogen (secondary N) is 1. The van der Waals surface area contributed by atoms with Gasteiger partial charge in [-0.3, -0.25) is 0 Å². The highest BCUT2D eigenvalue weighted by Gasteiger charge is 2.25. The van der Waals surface area contributed by atoms with Gasteiger partial charge in [-0.05, 0) is 30.7 Å². The van der Waals surface area contributed by atoms with Crippen LogP contribution < -0.4 is 11.1 Å². The SMILES string of the molecule is CCSc1cccc(NC2CCCS(=O)(=O)C2)c1C(N)=S. The predicted octanol–water partition coefficient (Wildman–Crippen LogP) is 2.42. The zero-order valence-electron chi connectivity index (χ0n) is 12.0. The molecule has 1 heterocycles. The second-order valence-electron chi connectivity index (χ2n) is 5.07. The van der Waals surface area contributed by atoms with Crippen LogP contribution in [0, 0.1) is 0 Å². The third kappa shape index (κ3) is 4.34. The lowest BCUT2D eigenvalue weighted by Gasteiger charge is -2.25. The van der Waals surface area contributed by atoms with Crippen LogP contribution >= 0.6 is 24.0 Å². The summed E-state index contributed by atoms with van der Waals surface area (Å²) < 4.78 is 23.5. The molecule has 116 valence electrons. The zero-order valence-corrected chi connectivity index (χ0v) is 14.4. The molecule has 0 amide bonds. The van der Waals surface area contributed by atoms with E-state index in [2.05, 4.69) is 12.2 Å². The van der Waals surface area contributed by atoms with Gasteiger partial charge in [0.25, 0.3) is 0 Å². The Kier molecular flexibility index (Phi) is 5.51. The van der Waals surface area contributed by atoms with E-state index in [9.17, 15) is 8.42 Å². The lowest BCUT2D eigenvalue weighted by Crippen LogP contribution is -2.35. The summed E-state index contributed by atoms with van der Waals surface area (Å²) in [7, 11) is -2.94. The minimum absolute atomic E-state index is 0.0706. The second kappa shape index (κ2) is 6.98. The molecular formula is C14H20N2O2S3. The van der Waals surface area contributed by atoms with Crippen molar-refractivity contribution >= 4 is 44.5 Å². The Hall–Kier alpha value is -0.790. The van der Waals surface area contributed by atoms with Gasteiger partial charge in [-0.2, -0.15) is 0 Å². The van der Waals surface area contributed by atoms with Crippen molar-refractivity contribution < 1.29 is 8.42 Å². The van der Waals surface area contributed by atoms with Gasteiger partial charge in [0.15, 0.2) is 9.84 Å². The fraction of sp³-hybridized carbons (Fsp3) is 0.500. The van der Waals surface area contributed by atoms with E-state index in [1.54, 1.807) is 11.8 Å². The Bertz CT molecular complexity index is 629. The van der Waals surface area contributed by atoms with Crippen molar-refractivity contribution in [2.45, 2.75) is 30.7 Å². The van der Waals surface area contributed by atoms with Crippen molar-refractivity contribution in [1.29, 1.82) is 0 Å². The Balaban J connectivity index is 2.27. The monoisotopic (exact) mass is 344 g/mol. The summed E-state index contributed by atoms with van der Waals surface area (Å²) >= 11 is 6.85. The summed E-state index contributed by atoms with van der Waals surface area (Å²) in [6, 6.07) is 5.78. The van der Waals surface area contributed by atoms with E-state index in [0.29, 0.717) is 17.2 Å². The van der Waals surface area contributed by atoms with Gasteiger partial charge in [-0.15, -0.1) is 11.8 Å². The van der Waals surface area contributed by atoms with Crippen molar-refractivity contribution in [2.24, 2.45) is 5.73 Å². The fourth-order valence-corrected chi connectivity index (χ4v) is 5.31. The number of benzene rings is 1. The number of thiocarbonyl (C=S) groups is 1. The molecule has 1 unspecified atom stereocenters. The molecule has 1 saturated heterocycles. The van der Waals surface area contributed by atoms with Crippen LogP contribution in [0.15, 0.2) is 23.1 Å². The predicted molar refractivity (Wildman–Crippen MR) is 94.0 cm³/mol. The lowest BCUT2D eigenvalue weighted by molar-refractivity contribution is 0.562. The first-order valence-electron chi connectivity index (χ1n) is 6.95. The van der Waals surface area contributed by atoms with Gasteiger partial charge in [0, 0.05) is 22.2 Å². The zero-order chi connectivity index (χ0) is 15.5. The van der Waals surface area contributed by atoms with Gasteiger partial charge in [0.2, 0.25) is 0 Å². The van der Waals surface area contributed by atoms with Crippen LogP contribution in [-0.4, -0.2) is 36.7 Å². The molecule has 0 saturated carbocycles. The van der Waals surface area contributed by atoms with E-state index >= 15 is 0 Å². The Morgan fingerprint density at radius 2 is 2.29 bits per heavy atom. The van der Waals surface area contributed by atoms with Crippen LogP contribution in [0.2, 0.25) is 0 Å². The molecule has 0 aromatic heterocycles. The maximum atomic E-state index is 11.7. The van der Waals surface area contributed by atoms with Crippen molar-refractivity contribution in [3.05, 3.63) is 23.8 Å². The number of thioether (sulfide) groups is 1. The highest BCUT2D eigenvalue weighted by Crippen LogP contribution is 2.30. The highest BCUT2D eigenvalue weighted by molar-refractivity contribution is 7.99. The van der Waals surface area contributed by atoms with Gasteiger partial charge in [-0.25, -0.2) is 8.42 Å². The average Bonchev–Trinajstić information content (AvgIpc) is 2.37.